The van der Waals surface area contributed by atoms with Crippen LogP contribution in [-0.4, -0.2) is 12.1 Å². The zero-order chi connectivity index (χ0) is 15.4. The number of hydrogen-bond acceptors (Lipinski definition) is 1. The van der Waals surface area contributed by atoms with Gasteiger partial charge >= 0.3 is 0 Å². The predicted octanol–water partition coefficient (Wildman–Crippen LogP) is 4.87. The second kappa shape index (κ2) is 6.76. The second-order valence-corrected chi connectivity index (χ2v) is 7.51. The molecule has 0 unspecified atom stereocenters. The number of nitrogens with one attached hydrogen (secondary N) is 1. The van der Waals surface area contributed by atoms with Crippen LogP contribution in [0.3, 0.4) is 0 Å². The van der Waals surface area contributed by atoms with Gasteiger partial charge in [-0.15, -0.1) is 0 Å². The van der Waals surface area contributed by atoms with Gasteiger partial charge in [0.2, 0.25) is 0 Å². The van der Waals surface area contributed by atoms with Gasteiger partial charge in [-0.1, -0.05) is 45.9 Å². The molecule has 0 saturated carbocycles. The first-order chi connectivity index (χ1) is 9.19. The minimum Gasteiger partial charge on any atom is -0.312 e. The zero-order valence-corrected chi connectivity index (χ0v) is 14.6. The van der Waals surface area contributed by atoms with Crippen molar-refractivity contribution in [3.8, 4) is 0 Å². The van der Waals surface area contributed by atoms with E-state index in [2.05, 4.69) is 72.0 Å². The summed E-state index contributed by atoms with van der Waals surface area (Å²) in [6.07, 6.45) is 3.41. The molecule has 0 aliphatic rings. The van der Waals surface area contributed by atoms with Crippen LogP contribution < -0.4 is 5.32 Å². The van der Waals surface area contributed by atoms with E-state index in [0.717, 1.165) is 19.4 Å². The lowest BCUT2D eigenvalue weighted by Gasteiger charge is -2.30. The SMILES string of the molecule is CCc1ccc(CC)c(C(C)(C)CCNC(C)(C)C)c1. The summed E-state index contributed by atoms with van der Waals surface area (Å²) in [5, 5.41) is 3.61. The summed E-state index contributed by atoms with van der Waals surface area (Å²) in [5.41, 5.74) is 4.93. The molecule has 1 aromatic carbocycles. The molecule has 20 heavy (non-hydrogen) atoms. The van der Waals surface area contributed by atoms with Gasteiger partial charge in [0.15, 0.2) is 0 Å². The number of hydrogen-bond donors (Lipinski definition) is 1. The smallest absolute Gasteiger partial charge is 0.00965 e. The average molecular weight is 275 g/mol. The van der Waals surface area contributed by atoms with E-state index in [9.17, 15) is 0 Å². The van der Waals surface area contributed by atoms with E-state index >= 15 is 0 Å². The van der Waals surface area contributed by atoms with Crippen molar-refractivity contribution in [1.82, 2.24) is 5.32 Å². The summed E-state index contributed by atoms with van der Waals surface area (Å²) >= 11 is 0. The minimum atomic E-state index is 0.203. The topological polar surface area (TPSA) is 12.0 Å². The Balaban J connectivity index is 2.89. The van der Waals surface area contributed by atoms with Gasteiger partial charge in [0.25, 0.3) is 0 Å². The zero-order valence-electron chi connectivity index (χ0n) is 14.6. The first-order valence-corrected chi connectivity index (χ1v) is 8.07. The highest BCUT2D eigenvalue weighted by molar-refractivity contribution is 5.37. The molecular weight excluding hydrogens is 242 g/mol. The molecule has 0 atom stereocenters. The standard InChI is InChI=1S/C19H33N/c1-8-15-10-11-16(9-2)17(14-15)19(6,7)12-13-20-18(3,4)5/h10-11,14,20H,8-9,12-13H2,1-7H3. The largest absolute Gasteiger partial charge is 0.312 e. The van der Waals surface area contributed by atoms with Crippen LogP contribution in [0, 0.1) is 0 Å². The molecule has 114 valence electrons. The summed E-state index contributed by atoms with van der Waals surface area (Å²) < 4.78 is 0. The quantitative estimate of drug-likeness (QED) is 0.781. The highest BCUT2D eigenvalue weighted by atomic mass is 14.9. The van der Waals surface area contributed by atoms with Gasteiger partial charge in [0.05, 0.1) is 0 Å². The van der Waals surface area contributed by atoms with Gasteiger partial charge in [-0.25, -0.2) is 0 Å². The van der Waals surface area contributed by atoms with Crippen LogP contribution in [-0.2, 0) is 18.3 Å². The van der Waals surface area contributed by atoms with Crippen molar-refractivity contribution in [2.75, 3.05) is 6.54 Å². The molecule has 0 aromatic heterocycles. The lowest BCUT2D eigenvalue weighted by molar-refractivity contribution is 0.378. The molecule has 1 heteroatoms. The number of rotatable bonds is 6. The summed E-state index contributed by atoms with van der Waals surface area (Å²) in [4.78, 5) is 0. The maximum Gasteiger partial charge on any atom is 0.00965 e. The molecule has 0 spiro atoms. The van der Waals surface area contributed by atoms with Gasteiger partial charge in [0.1, 0.15) is 0 Å². The van der Waals surface area contributed by atoms with Crippen molar-refractivity contribution in [1.29, 1.82) is 0 Å². The van der Waals surface area contributed by atoms with Gasteiger partial charge in [-0.3, -0.25) is 0 Å². The fourth-order valence-corrected chi connectivity index (χ4v) is 2.67. The third kappa shape index (κ3) is 4.94. The van der Waals surface area contributed by atoms with Crippen molar-refractivity contribution in [3.63, 3.8) is 0 Å². The molecule has 1 rings (SSSR count). The molecule has 0 radical (unpaired) electrons. The van der Waals surface area contributed by atoms with E-state index in [4.69, 9.17) is 0 Å². The molecule has 0 aliphatic carbocycles. The molecule has 1 aromatic rings. The maximum atomic E-state index is 3.61. The van der Waals surface area contributed by atoms with Crippen LogP contribution in [0.25, 0.3) is 0 Å². The van der Waals surface area contributed by atoms with Gasteiger partial charge < -0.3 is 5.32 Å². The van der Waals surface area contributed by atoms with Gasteiger partial charge in [-0.2, -0.15) is 0 Å². The van der Waals surface area contributed by atoms with Crippen molar-refractivity contribution >= 4 is 0 Å². The van der Waals surface area contributed by atoms with Crippen LogP contribution in [0.1, 0.15) is 71.6 Å². The molecule has 1 nitrogen and oxygen atoms in total. The highest BCUT2D eigenvalue weighted by Crippen LogP contribution is 2.31. The summed E-state index contributed by atoms with van der Waals surface area (Å²) in [6, 6.07) is 7.04. The molecule has 0 aliphatic heterocycles. The molecule has 0 saturated heterocycles. The van der Waals surface area contributed by atoms with E-state index in [1.807, 2.05) is 0 Å². The van der Waals surface area contributed by atoms with E-state index in [1.165, 1.54) is 23.1 Å². The molecule has 1 N–H and O–H groups in total. The monoisotopic (exact) mass is 275 g/mol. The Morgan fingerprint density at radius 2 is 1.60 bits per heavy atom. The first-order valence-electron chi connectivity index (χ1n) is 8.07. The summed E-state index contributed by atoms with van der Waals surface area (Å²) in [6.45, 7) is 17.0. The van der Waals surface area contributed by atoms with Crippen LogP contribution in [0.5, 0.6) is 0 Å². The minimum absolute atomic E-state index is 0.203. The molecule has 0 fully saturated rings. The van der Waals surface area contributed by atoms with Crippen molar-refractivity contribution in [2.24, 2.45) is 0 Å². The van der Waals surface area contributed by atoms with E-state index < -0.39 is 0 Å². The predicted molar refractivity (Wildman–Crippen MR) is 90.6 cm³/mol. The Hall–Kier alpha value is -0.820. The Morgan fingerprint density at radius 3 is 2.10 bits per heavy atom. The number of benzene rings is 1. The molecule has 0 amide bonds. The summed E-state index contributed by atoms with van der Waals surface area (Å²) in [7, 11) is 0. The van der Waals surface area contributed by atoms with E-state index in [1.54, 1.807) is 0 Å². The van der Waals surface area contributed by atoms with E-state index in [0.29, 0.717) is 0 Å². The normalized spacial score (nSPS) is 12.8. The van der Waals surface area contributed by atoms with Gasteiger partial charge in [0, 0.05) is 5.54 Å². The lowest BCUT2D eigenvalue weighted by Crippen LogP contribution is -2.38. The Labute approximate surface area is 126 Å². The Bertz CT molecular complexity index is 424. The Kier molecular flexibility index (Phi) is 5.82. The van der Waals surface area contributed by atoms with E-state index in [-0.39, 0.29) is 11.0 Å². The molecule has 0 bridgehead atoms. The van der Waals surface area contributed by atoms with Crippen molar-refractivity contribution < 1.29 is 0 Å². The number of aryl methyl sites for hydroxylation is 2. The van der Waals surface area contributed by atoms with Crippen LogP contribution in [0.4, 0.5) is 0 Å². The lowest BCUT2D eigenvalue weighted by atomic mass is 9.77. The average Bonchev–Trinajstić information content (AvgIpc) is 2.36. The highest BCUT2D eigenvalue weighted by Gasteiger charge is 2.23. The molecule has 0 heterocycles. The first kappa shape index (κ1) is 17.2. The third-order valence-electron chi connectivity index (χ3n) is 4.10. The third-order valence-corrected chi connectivity index (χ3v) is 4.10. The fraction of sp³-hybridized carbons (Fsp3) is 0.684. The van der Waals surface area contributed by atoms with Crippen molar-refractivity contribution in [3.05, 3.63) is 34.9 Å². The van der Waals surface area contributed by atoms with Crippen LogP contribution in [0.2, 0.25) is 0 Å². The Morgan fingerprint density at radius 1 is 0.950 bits per heavy atom. The van der Waals surface area contributed by atoms with Crippen LogP contribution in [0.15, 0.2) is 18.2 Å². The van der Waals surface area contributed by atoms with Crippen LogP contribution >= 0.6 is 0 Å². The maximum absolute atomic E-state index is 3.61. The fourth-order valence-electron chi connectivity index (χ4n) is 2.67. The van der Waals surface area contributed by atoms with Gasteiger partial charge in [-0.05, 0) is 68.7 Å². The second-order valence-electron chi connectivity index (χ2n) is 7.51. The molecular formula is C19H33N. The van der Waals surface area contributed by atoms with Crippen molar-refractivity contribution in [2.45, 2.75) is 78.7 Å². The summed E-state index contributed by atoms with van der Waals surface area (Å²) in [5.74, 6) is 0.